The fourth-order valence-electron chi connectivity index (χ4n) is 5.56. The van der Waals surface area contributed by atoms with Gasteiger partial charge < -0.3 is 28.7 Å². The molecular formula is C31H46N2O8. The van der Waals surface area contributed by atoms with E-state index in [0.717, 1.165) is 50.6 Å². The lowest BCUT2D eigenvalue weighted by Crippen LogP contribution is -2.37. The van der Waals surface area contributed by atoms with Gasteiger partial charge in [-0.3, -0.25) is 9.59 Å². The average molecular weight is 575 g/mol. The van der Waals surface area contributed by atoms with E-state index in [1.165, 1.54) is 7.11 Å². The SMILES string of the molecule is CCC[C@H]1C[C@@H](OC)CCC[C@@H]2C[C@@H](CC(=O)/C=C\CCc3coc(/C=C\CNC(=O)OC)n3)C[C@H](CC(=O)O1)O2. The number of carbonyl (C=O) groups excluding carboxylic acids is 3. The molecule has 228 valence electrons. The van der Waals surface area contributed by atoms with Gasteiger partial charge in [-0.2, -0.15) is 0 Å². The summed E-state index contributed by atoms with van der Waals surface area (Å²) in [7, 11) is 3.03. The number of nitrogens with zero attached hydrogens (tertiary/aromatic N) is 1. The molecule has 10 nitrogen and oxygen atoms in total. The summed E-state index contributed by atoms with van der Waals surface area (Å²) in [5, 5.41) is 2.54. The molecule has 41 heavy (non-hydrogen) atoms. The van der Waals surface area contributed by atoms with E-state index in [1.54, 1.807) is 31.6 Å². The number of ketones is 1. The molecule has 2 aliphatic heterocycles. The van der Waals surface area contributed by atoms with Gasteiger partial charge in [0.1, 0.15) is 12.4 Å². The second kappa shape index (κ2) is 17.7. The highest BCUT2D eigenvalue weighted by Crippen LogP contribution is 2.33. The number of aryl methyl sites for hydroxylation is 1. The molecule has 2 fully saturated rings. The molecule has 1 amide bonds. The number of nitrogens with one attached hydrogen (secondary N) is 1. The maximum absolute atomic E-state index is 12.8. The Hall–Kier alpha value is -2.98. The third kappa shape index (κ3) is 12.2. The van der Waals surface area contributed by atoms with Gasteiger partial charge in [0.15, 0.2) is 5.78 Å². The minimum Gasteiger partial charge on any atom is -0.462 e. The largest absolute Gasteiger partial charge is 0.462 e. The number of oxazole rings is 1. The van der Waals surface area contributed by atoms with Crippen molar-refractivity contribution in [1.29, 1.82) is 0 Å². The fourth-order valence-corrected chi connectivity index (χ4v) is 5.56. The van der Waals surface area contributed by atoms with E-state index in [2.05, 4.69) is 22.0 Å². The monoisotopic (exact) mass is 574 g/mol. The van der Waals surface area contributed by atoms with Crippen molar-refractivity contribution in [2.75, 3.05) is 20.8 Å². The second-order valence-corrected chi connectivity index (χ2v) is 10.9. The van der Waals surface area contributed by atoms with Crippen LogP contribution in [0.1, 0.15) is 89.1 Å². The van der Waals surface area contributed by atoms with E-state index >= 15 is 0 Å². The van der Waals surface area contributed by atoms with Crippen molar-refractivity contribution in [3.8, 4) is 0 Å². The fraction of sp³-hybridized carbons (Fsp3) is 0.677. The van der Waals surface area contributed by atoms with Crippen molar-refractivity contribution in [1.82, 2.24) is 10.3 Å². The number of hydrogen-bond donors (Lipinski definition) is 1. The highest BCUT2D eigenvalue weighted by molar-refractivity contribution is 5.89. The van der Waals surface area contributed by atoms with E-state index in [1.807, 2.05) is 6.08 Å². The Kier molecular flexibility index (Phi) is 14.1. The molecule has 1 aromatic heterocycles. The maximum atomic E-state index is 12.8. The number of alkyl carbamates (subject to hydrolysis) is 1. The summed E-state index contributed by atoms with van der Waals surface area (Å²) in [6, 6.07) is 0. The van der Waals surface area contributed by atoms with E-state index in [0.29, 0.717) is 38.1 Å². The van der Waals surface area contributed by atoms with Crippen molar-refractivity contribution in [2.24, 2.45) is 5.92 Å². The highest BCUT2D eigenvalue weighted by Gasteiger charge is 2.33. The Morgan fingerprint density at radius 2 is 1.98 bits per heavy atom. The summed E-state index contributed by atoms with van der Waals surface area (Å²) in [5.74, 6) is 0.486. The summed E-state index contributed by atoms with van der Waals surface area (Å²) >= 11 is 0. The zero-order valence-corrected chi connectivity index (χ0v) is 24.7. The maximum Gasteiger partial charge on any atom is 0.407 e. The Morgan fingerprint density at radius 3 is 2.76 bits per heavy atom. The van der Waals surface area contributed by atoms with Crippen LogP contribution in [0.4, 0.5) is 4.79 Å². The first-order valence-electron chi connectivity index (χ1n) is 14.9. The van der Waals surface area contributed by atoms with Gasteiger partial charge >= 0.3 is 12.1 Å². The smallest absolute Gasteiger partial charge is 0.407 e. The van der Waals surface area contributed by atoms with Crippen LogP contribution in [0.15, 0.2) is 28.9 Å². The molecule has 10 heteroatoms. The summed E-state index contributed by atoms with van der Waals surface area (Å²) in [6.07, 6.45) is 16.6. The van der Waals surface area contributed by atoms with Gasteiger partial charge in [0, 0.05) is 26.5 Å². The molecule has 2 aliphatic rings. The number of allylic oxidation sites excluding steroid dienone is 2. The molecule has 1 N–H and O–H groups in total. The topological polar surface area (TPSA) is 126 Å². The normalized spacial score (nSPS) is 25.8. The van der Waals surface area contributed by atoms with Gasteiger partial charge in [-0.05, 0) is 69.4 Å². The molecule has 0 spiro atoms. The van der Waals surface area contributed by atoms with Gasteiger partial charge in [0.25, 0.3) is 0 Å². The molecule has 2 saturated heterocycles. The standard InChI is InChI=1S/C31H46N2O8/c1-4-9-26-19-25(37-2)12-7-13-27-17-22(18-28(40-27)20-30(35)41-26)16-24(34)11-6-5-10-23-21-39-29(33-23)14-8-15-32-31(36)38-3/h6,8,11,14,21-22,25-28H,4-5,7,9-10,12-13,15-20H2,1-3H3,(H,32,36)/b11-6-,14-8-/t22-,25+,26+,27-,28-/m1/s1. The number of ether oxygens (including phenoxy) is 4. The zero-order chi connectivity index (χ0) is 29.5. The molecule has 0 radical (unpaired) electrons. The number of hydrogen-bond acceptors (Lipinski definition) is 9. The Labute approximate surface area is 243 Å². The Balaban J connectivity index is 1.46. The summed E-state index contributed by atoms with van der Waals surface area (Å²) in [5.41, 5.74) is 0.787. The molecule has 1 aromatic rings. The van der Waals surface area contributed by atoms with E-state index in [-0.39, 0.29) is 48.5 Å². The van der Waals surface area contributed by atoms with E-state index in [4.69, 9.17) is 18.6 Å². The van der Waals surface area contributed by atoms with Crippen LogP contribution in [-0.4, -0.2) is 68.0 Å². The highest BCUT2D eigenvalue weighted by atomic mass is 16.6. The molecule has 0 unspecified atom stereocenters. The van der Waals surface area contributed by atoms with Crippen molar-refractivity contribution in [3.63, 3.8) is 0 Å². The van der Waals surface area contributed by atoms with Crippen molar-refractivity contribution < 1.29 is 37.7 Å². The predicted octanol–water partition coefficient (Wildman–Crippen LogP) is 5.35. The van der Waals surface area contributed by atoms with Gasteiger partial charge in [-0.25, -0.2) is 9.78 Å². The number of fused-ring (bicyclic) bond motifs is 2. The molecule has 0 saturated carbocycles. The number of cyclic esters (lactones) is 1. The first kappa shape index (κ1) is 32.5. The lowest BCUT2D eigenvalue weighted by atomic mass is 9.85. The Morgan fingerprint density at radius 1 is 1.15 bits per heavy atom. The molecule has 3 rings (SSSR count). The van der Waals surface area contributed by atoms with Gasteiger partial charge in [0.2, 0.25) is 5.89 Å². The van der Waals surface area contributed by atoms with Crippen LogP contribution in [0.3, 0.4) is 0 Å². The summed E-state index contributed by atoms with van der Waals surface area (Å²) in [6.45, 7) is 2.40. The number of aromatic nitrogens is 1. The van der Waals surface area contributed by atoms with Crippen molar-refractivity contribution >= 4 is 23.9 Å². The van der Waals surface area contributed by atoms with Crippen LogP contribution in [-0.2, 0) is 35.0 Å². The third-order valence-electron chi connectivity index (χ3n) is 7.53. The average Bonchev–Trinajstić information content (AvgIpc) is 3.39. The molecule has 2 bridgehead atoms. The number of amides is 1. The number of carbonyl (C=O) groups is 3. The van der Waals surface area contributed by atoms with Crippen LogP contribution in [0.2, 0.25) is 0 Å². The van der Waals surface area contributed by atoms with Gasteiger partial charge in [-0.15, -0.1) is 0 Å². The molecule has 3 heterocycles. The van der Waals surface area contributed by atoms with Crippen LogP contribution < -0.4 is 5.32 Å². The quantitative estimate of drug-likeness (QED) is 0.260. The molecule has 0 aliphatic carbocycles. The zero-order valence-electron chi connectivity index (χ0n) is 24.7. The van der Waals surface area contributed by atoms with Crippen LogP contribution in [0, 0.1) is 5.92 Å². The minimum absolute atomic E-state index is 0.0401. The lowest BCUT2D eigenvalue weighted by molar-refractivity contribution is -0.159. The van der Waals surface area contributed by atoms with Crippen molar-refractivity contribution in [3.05, 3.63) is 36.1 Å². The van der Waals surface area contributed by atoms with E-state index < -0.39 is 6.09 Å². The van der Waals surface area contributed by atoms with Crippen LogP contribution >= 0.6 is 0 Å². The number of rotatable bonds is 12. The molecule has 5 atom stereocenters. The summed E-state index contributed by atoms with van der Waals surface area (Å²) in [4.78, 5) is 41.0. The summed E-state index contributed by atoms with van der Waals surface area (Å²) < 4.78 is 27.7. The molecular weight excluding hydrogens is 528 g/mol. The second-order valence-electron chi connectivity index (χ2n) is 10.9. The van der Waals surface area contributed by atoms with E-state index in [9.17, 15) is 14.4 Å². The first-order chi connectivity index (χ1) is 19.9. The van der Waals surface area contributed by atoms with Gasteiger partial charge in [0.05, 0.1) is 37.5 Å². The number of methoxy groups -OCH3 is 2. The Bertz CT molecular complexity index is 1020. The third-order valence-corrected chi connectivity index (χ3v) is 7.53. The van der Waals surface area contributed by atoms with Crippen LogP contribution in [0.5, 0.6) is 0 Å². The lowest BCUT2D eigenvalue weighted by Gasteiger charge is -2.36. The first-order valence-corrected chi connectivity index (χ1v) is 14.9. The minimum atomic E-state index is -0.503. The molecule has 0 aromatic carbocycles. The van der Waals surface area contributed by atoms with Crippen LogP contribution in [0.25, 0.3) is 6.08 Å². The predicted molar refractivity (Wildman–Crippen MR) is 153 cm³/mol. The number of esters is 1. The van der Waals surface area contributed by atoms with Gasteiger partial charge in [-0.1, -0.05) is 25.5 Å². The van der Waals surface area contributed by atoms with Crippen molar-refractivity contribution in [2.45, 2.75) is 108 Å².